The van der Waals surface area contributed by atoms with Crippen molar-refractivity contribution in [2.24, 2.45) is 5.11 Å². The zero-order valence-corrected chi connectivity index (χ0v) is 15.1. The van der Waals surface area contributed by atoms with Gasteiger partial charge in [-0.05, 0) is 37.5 Å². The molecule has 0 heterocycles. The van der Waals surface area contributed by atoms with Gasteiger partial charge in [-0.3, -0.25) is 0 Å². The van der Waals surface area contributed by atoms with Gasteiger partial charge in [-0.25, -0.2) is 0 Å². The van der Waals surface area contributed by atoms with Crippen LogP contribution in [0.15, 0.2) is 17.3 Å². The molecule has 0 aliphatic carbocycles. The Labute approximate surface area is 128 Å². The van der Waals surface area contributed by atoms with Crippen LogP contribution in [0.4, 0.5) is 0 Å². The maximum atomic E-state index is 10.4. The van der Waals surface area contributed by atoms with Gasteiger partial charge in [-0.15, -0.1) is 0 Å². The molecule has 122 valence electrons. The Morgan fingerprint density at radius 1 is 1.29 bits per heavy atom. The first-order valence-electron chi connectivity index (χ1n) is 7.19. The Morgan fingerprint density at radius 2 is 1.81 bits per heavy atom. The largest absolute Gasteiger partial charge is 0.412 e. The highest BCUT2D eigenvalue weighted by Crippen LogP contribution is 2.37. The molecule has 0 spiro atoms. The van der Waals surface area contributed by atoms with E-state index < -0.39 is 32.7 Å². The number of aliphatic hydroxyl groups excluding tert-OH is 2. The summed E-state index contributed by atoms with van der Waals surface area (Å²) in [4.78, 5) is 2.71. The van der Waals surface area contributed by atoms with E-state index in [4.69, 9.17) is 9.96 Å². The van der Waals surface area contributed by atoms with Crippen molar-refractivity contribution >= 4 is 8.32 Å². The molecule has 21 heavy (non-hydrogen) atoms. The molecule has 2 N–H and O–H groups in total. The Balaban J connectivity index is 5.11. The molecule has 4 atom stereocenters. The topological polar surface area (TPSA) is 98.5 Å². The van der Waals surface area contributed by atoms with Crippen molar-refractivity contribution < 1.29 is 14.6 Å². The second-order valence-electron chi connectivity index (χ2n) is 6.79. The summed E-state index contributed by atoms with van der Waals surface area (Å²) in [5.41, 5.74) is 8.63. The second kappa shape index (κ2) is 7.96. The maximum absolute atomic E-state index is 10.4. The van der Waals surface area contributed by atoms with Gasteiger partial charge in [0.15, 0.2) is 8.32 Å². The monoisotopic (exact) mass is 315 g/mol. The van der Waals surface area contributed by atoms with E-state index in [0.29, 0.717) is 0 Å². The Hall–Kier alpha value is -0.853. The molecule has 0 rings (SSSR count). The minimum atomic E-state index is -2.05. The van der Waals surface area contributed by atoms with Crippen LogP contribution in [0, 0.1) is 0 Å². The van der Waals surface area contributed by atoms with Gasteiger partial charge in [0, 0.05) is 4.91 Å². The van der Waals surface area contributed by atoms with Crippen molar-refractivity contribution in [2.75, 3.05) is 0 Å². The molecular formula is C14H29N3O3Si. The van der Waals surface area contributed by atoms with Gasteiger partial charge in [0.1, 0.15) is 0 Å². The summed E-state index contributed by atoms with van der Waals surface area (Å²) >= 11 is 0. The number of hydrogen-bond donors (Lipinski definition) is 2. The standard InChI is InChI=1S/C14H29N3O3Si/c1-8-9-11(18)12(16-17-15)13(19)10(2)20-21(6,7)14(3,4)5/h8-13,18-19H,1-7H3/b9-8+/t10-,11-,12-,13-/m0/s1. The molecule has 6 nitrogen and oxygen atoms in total. The predicted octanol–water partition coefficient (Wildman–Crippen LogP) is 3.37. The fourth-order valence-electron chi connectivity index (χ4n) is 1.70. The van der Waals surface area contributed by atoms with Gasteiger partial charge >= 0.3 is 0 Å². The molecular weight excluding hydrogens is 286 g/mol. The highest BCUT2D eigenvalue weighted by atomic mass is 28.4. The van der Waals surface area contributed by atoms with E-state index in [9.17, 15) is 10.2 Å². The lowest BCUT2D eigenvalue weighted by molar-refractivity contribution is -0.00327. The molecule has 0 aromatic heterocycles. The summed E-state index contributed by atoms with van der Waals surface area (Å²) in [6, 6.07) is -0.967. The van der Waals surface area contributed by atoms with Crippen molar-refractivity contribution in [2.45, 2.75) is 77.1 Å². The molecule has 7 heteroatoms. The lowest BCUT2D eigenvalue weighted by atomic mass is 10.0. The van der Waals surface area contributed by atoms with Gasteiger partial charge in [-0.2, -0.15) is 0 Å². The van der Waals surface area contributed by atoms with Crippen LogP contribution in [0.25, 0.3) is 10.4 Å². The van der Waals surface area contributed by atoms with Crippen molar-refractivity contribution in [3.63, 3.8) is 0 Å². The van der Waals surface area contributed by atoms with Crippen molar-refractivity contribution in [1.82, 2.24) is 0 Å². The van der Waals surface area contributed by atoms with E-state index in [1.54, 1.807) is 19.9 Å². The number of allylic oxidation sites excluding steroid dienone is 1. The SMILES string of the molecule is C/C=C/[C@H](O)[C@H](N=[N+]=[N-])[C@@H](O)[C@H](C)O[Si](C)(C)C(C)(C)C. The number of nitrogens with zero attached hydrogens (tertiary/aromatic N) is 3. The van der Waals surface area contributed by atoms with Crippen LogP contribution in [-0.4, -0.2) is 42.9 Å². The fraction of sp³-hybridized carbons (Fsp3) is 0.857. The van der Waals surface area contributed by atoms with E-state index in [2.05, 4.69) is 43.9 Å². The molecule has 0 saturated carbocycles. The van der Waals surface area contributed by atoms with Crippen molar-refractivity contribution in [1.29, 1.82) is 0 Å². The Kier molecular flexibility index (Phi) is 7.64. The zero-order valence-electron chi connectivity index (χ0n) is 14.1. The van der Waals surface area contributed by atoms with Crippen molar-refractivity contribution in [3.8, 4) is 0 Å². The first-order chi connectivity index (χ1) is 9.47. The minimum absolute atomic E-state index is 0.0108. The molecule has 0 aliphatic rings. The lowest BCUT2D eigenvalue weighted by Gasteiger charge is -2.40. The van der Waals surface area contributed by atoms with Crippen LogP contribution < -0.4 is 0 Å². The van der Waals surface area contributed by atoms with Gasteiger partial charge < -0.3 is 14.6 Å². The van der Waals surface area contributed by atoms with Crippen LogP contribution in [0.3, 0.4) is 0 Å². The molecule has 0 saturated heterocycles. The summed E-state index contributed by atoms with van der Waals surface area (Å²) in [5.74, 6) is 0. The molecule has 0 bridgehead atoms. The first-order valence-corrected chi connectivity index (χ1v) is 10.1. The molecule has 0 aliphatic heterocycles. The number of azide groups is 1. The number of hydrogen-bond acceptors (Lipinski definition) is 4. The summed E-state index contributed by atoms with van der Waals surface area (Å²) in [5, 5.41) is 23.9. The quantitative estimate of drug-likeness (QED) is 0.248. The van der Waals surface area contributed by atoms with Gasteiger partial charge in [-0.1, -0.05) is 38.0 Å². The normalized spacial score (nSPS) is 18.9. The van der Waals surface area contributed by atoms with Crippen LogP contribution in [0.5, 0.6) is 0 Å². The summed E-state index contributed by atoms with van der Waals surface area (Å²) in [6.07, 6.45) is 0.507. The molecule has 0 radical (unpaired) electrons. The smallest absolute Gasteiger partial charge is 0.192 e. The maximum Gasteiger partial charge on any atom is 0.192 e. The minimum Gasteiger partial charge on any atom is -0.412 e. The fourth-order valence-corrected chi connectivity index (χ4v) is 3.12. The first kappa shape index (κ1) is 20.1. The third kappa shape index (κ3) is 5.80. The van der Waals surface area contributed by atoms with Gasteiger partial charge in [0.2, 0.25) is 0 Å². The Morgan fingerprint density at radius 3 is 2.19 bits per heavy atom. The Bertz CT molecular complexity index is 401. The van der Waals surface area contributed by atoms with Crippen LogP contribution in [-0.2, 0) is 4.43 Å². The summed E-state index contributed by atoms with van der Waals surface area (Å²) in [7, 11) is -2.05. The summed E-state index contributed by atoms with van der Waals surface area (Å²) in [6.45, 7) is 14.0. The highest BCUT2D eigenvalue weighted by molar-refractivity contribution is 6.74. The van der Waals surface area contributed by atoms with E-state index >= 15 is 0 Å². The van der Waals surface area contributed by atoms with Gasteiger partial charge in [0.25, 0.3) is 0 Å². The zero-order chi connectivity index (χ0) is 16.8. The van der Waals surface area contributed by atoms with Crippen molar-refractivity contribution in [3.05, 3.63) is 22.6 Å². The molecule has 0 aromatic carbocycles. The third-order valence-electron chi connectivity index (χ3n) is 4.04. The van der Waals surface area contributed by atoms with Gasteiger partial charge in [0.05, 0.1) is 24.4 Å². The predicted molar refractivity (Wildman–Crippen MR) is 87.5 cm³/mol. The molecule has 0 aromatic rings. The number of rotatable bonds is 7. The second-order valence-corrected chi connectivity index (χ2v) is 11.5. The van der Waals surface area contributed by atoms with E-state index in [1.165, 1.54) is 6.08 Å². The van der Waals surface area contributed by atoms with E-state index in [0.717, 1.165) is 0 Å². The van der Waals surface area contributed by atoms with E-state index in [-0.39, 0.29) is 5.04 Å². The van der Waals surface area contributed by atoms with Crippen LogP contribution in [0.1, 0.15) is 34.6 Å². The van der Waals surface area contributed by atoms with Crippen LogP contribution >= 0.6 is 0 Å². The van der Waals surface area contributed by atoms with E-state index in [1.807, 2.05) is 0 Å². The molecule has 0 fully saturated rings. The molecule has 0 unspecified atom stereocenters. The molecule has 0 amide bonds. The average Bonchev–Trinajstić information content (AvgIpc) is 2.33. The lowest BCUT2D eigenvalue weighted by Crippen LogP contribution is -2.50. The summed E-state index contributed by atoms with van der Waals surface area (Å²) < 4.78 is 6.09. The highest BCUT2D eigenvalue weighted by Gasteiger charge is 2.41. The average molecular weight is 315 g/mol. The third-order valence-corrected chi connectivity index (χ3v) is 8.62. The van der Waals surface area contributed by atoms with Crippen LogP contribution in [0.2, 0.25) is 18.1 Å². The number of aliphatic hydroxyl groups is 2.